The van der Waals surface area contributed by atoms with E-state index in [-0.39, 0.29) is 11.3 Å². The summed E-state index contributed by atoms with van der Waals surface area (Å²) < 4.78 is 41.6. The molecular weight excluding hydrogens is 325 g/mol. The van der Waals surface area contributed by atoms with Crippen LogP contribution in [-0.2, 0) is 4.79 Å². The van der Waals surface area contributed by atoms with Crippen molar-refractivity contribution < 1.29 is 18.0 Å². The summed E-state index contributed by atoms with van der Waals surface area (Å²) >= 11 is 0. The number of hydrogen-bond acceptors (Lipinski definition) is 1. The van der Waals surface area contributed by atoms with Crippen LogP contribution in [0.4, 0.5) is 13.2 Å². The van der Waals surface area contributed by atoms with Crippen LogP contribution < -0.4 is 0 Å². The molecule has 0 N–H and O–H groups in total. The summed E-state index contributed by atoms with van der Waals surface area (Å²) in [6, 6.07) is 6.69. The molecule has 1 nitrogen and oxygen atoms in total. The van der Waals surface area contributed by atoms with Gasteiger partial charge in [0.15, 0.2) is 17.4 Å². The van der Waals surface area contributed by atoms with Gasteiger partial charge in [0.05, 0.1) is 0 Å². The fourth-order valence-electron chi connectivity index (χ4n) is 2.73. The molecule has 2 aromatic carbocycles. The van der Waals surface area contributed by atoms with Gasteiger partial charge in [0.2, 0.25) is 0 Å². The zero-order valence-corrected chi connectivity index (χ0v) is 14.6. The lowest BCUT2D eigenvalue weighted by molar-refractivity contribution is -0.113. The summed E-state index contributed by atoms with van der Waals surface area (Å²) in [5.74, 6) is -2.52. The van der Waals surface area contributed by atoms with E-state index in [1.165, 1.54) is 37.3 Å². The molecule has 4 heteroatoms. The number of unbranched alkanes of at least 4 members (excludes halogenated alkanes) is 1. The highest BCUT2D eigenvalue weighted by molar-refractivity contribution is 5.98. The standard InChI is InChI=1S/C21H21F3O/c1-4-5-6-16(14(3)25)11-19-13(2)18(12-20(23)21(19)24)15-7-9-17(22)10-8-15/h7-12H,4-6H2,1-3H3/b16-11+. The van der Waals surface area contributed by atoms with Crippen LogP contribution in [-0.4, -0.2) is 5.78 Å². The molecule has 0 radical (unpaired) electrons. The number of Topliss-reactive ketones (excluding diaryl/α,β-unsaturated/α-hetero) is 1. The molecule has 0 spiro atoms. The number of hydrogen-bond donors (Lipinski definition) is 0. The third-order valence-corrected chi connectivity index (χ3v) is 4.25. The molecule has 0 saturated carbocycles. The minimum Gasteiger partial charge on any atom is -0.295 e. The second-order valence-corrected chi connectivity index (χ2v) is 6.09. The molecule has 2 rings (SSSR count). The highest BCUT2D eigenvalue weighted by Gasteiger charge is 2.17. The van der Waals surface area contributed by atoms with E-state index in [0.717, 1.165) is 18.9 Å². The molecule has 0 fully saturated rings. The Labute approximate surface area is 146 Å². The second kappa shape index (κ2) is 8.15. The highest BCUT2D eigenvalue weighted by atomic mass is 19.2. The molecule has 0 heterocycles. The number of halogens is 3. The predicted molar refractivity (Wildman–Crippen MR) is 94.7 cm³/mol. The van der Waals surface area contributed by atoms with Crippen molar-refractivity contribution in [3.8, 4) is 11.1 Å². The van der Waals surface area contributed by atoms with Crippen molar-refractivity contribution in [2.24, 2.45) is 0 Å². The third-order valence-electron chi connectivity index (χ3n) is 4.25. The molecule has 0 aliphatic carbocycles. The fraction of sp³-hybridized carbons (Fsp3) is 0.286. The van der Waals surface area contributed by atoms with Gasteiger partial charge < -0.3 is 0 Å². The van der Waals surface area contributed by atoms with Crippen LogP contribution >= 0.6 is 0 Å². The Kier molecular flexibility index (Phi) is 6.18. The molecule has 2 aromatic rings. The van der Waals surface area contributed by atoms with Gasteiger partial charge in [-0.1, -0.05) is 25.5 Å². The zero-order valence-electron chi connectivity index (χ0n) is 14.6. The van der Waals surface area contributed by atoms with Crippen molar-refractivity contribution in [1.82, 2.24) is 0 Å². The zero-order chi connectivity index (χ0) is 18.6. The maximum Gasteiger partial charge on any atom is 0.166 e. The molecule has 0 bridgehead atoms. The Morgan fingerprint density at radius 2 is 1.76 bits per heavy atom. The second-order valence-electron chi connectivity index (χ2n) is 6.09. The average molecular weight is 346 g/mol. The minimum absolute atomic E-state index is 0.0700. The van der Waals surface area contributed by atoms with Crippen LogP contribution in [0, 0.1) is 24.4 Å². The van der Waals surface area contributed by atoms with Gasteiger partial charge in [-0.05, 0) is 73.2 Å². The van der Waals surface area contributed by atoms with Crippen molar-refractivity contribution >= 4 is 11.9 Å². The molecule has 0 atom stereocenters. The van der Waals surface area contributed by atoms with Crippen LogP contribution in [0.3, 0.4) is 0 Å². The Morgan fingerprint density at radius 1 is 1.12 bits per heavy atom. The van der Waals surface area contributed by atoms with Gasteiger partial charge in [0.25, 0.3) is 0 Å². The maximum atomic E-state index is 14.4. The number of benzene rings is 2. The summed E-state index contributed by atoms with van der Waals surface area (Å²) in [6.45, 7) is 5.10. The van der Waals surface area contributed by atoms with Crippen molar-refractivity contribution in [3.63, 3.8) is 0 Å². The Balaban J connectivity index is 2.61. The first-order chi connectivity index (χ1) is 11.8. The first-order valence-electron chi connectivity index (χ1n) is 8.31. The van der Waals surface area contributed by atoms with Gasteiger partial charge in [-0.2, -0.15) is 0 Å². The van der Waals surface area contributed by atoms with E-state index in [0.29, 0.717) is 28.7 Å². The van der Waals surface area contributed by atoms with E-state index in [1.807, 2.05) is 6.92 Å². The molecule has 25 heavy (non-hydrogen) atoms. The molecule has 132 valence electrons. The Bertz CT molecular complexity index is 805. The van der Waals surface area contributed by atoms with Crippen LogP contribution in [0.15, 0.2) is 35.9 Å². The number of allylic oxidation sites excluding steroid dienone is 1. The van der Waals surface area contributed by atoms with E-state index in [1.54, 1.807) is 6.92 Å². The lowest BCUT2D eigenvalue weighted by Crippen LogP contribution is -2.01. The smallest absolute Gasteiger partial charge is 0.166 e. The number of carbonyl (C=O) groups excluding carboxylic acids is 1. The topological polar surface area (TPSA) is 17.1 Å². The predicted octanol–water partition coefficient (Wildman–Crippen LogP) is 6.24. The molecule has 0 unspecified atom stereocenters. The van der Waals surface area contributed by atoms with E-state index >= 15 is 0 Å². The van der Waals surface area contributed by atoms with Gasteiger partial charge in [-0.3, -0.25) is 4.79 Å². The average Bonchev–Trinajstić information content (AvgIpc) is 2.58. The molecule has 0 amide bonds. The number of rotatable bonds is 6. The Hall–Kier alpha value is -2.36. The summed E-state index contributed by atoms with van der Waals surface area (Å²) in [5.41, 5.74) is 2.12. The van der Waals surface area contributed by atoms with Gasteiger partial charge in [0.1, 0.15) is 5.82 Å². The van der Waals surface area contributed by atoms with Crippen molar-refractivity contribution in [2.75, 3.05) is 0 Å². The van der Waals surface area contributed by atoms with Gasteiger partial charge in [0, 0.05) is 5.56 Å². The lowest BCUT2D eigenvalue weighted by atomic mass is 9.93. The molecular formula is C21H21F3O. The first-order valence-corrected chi connectivity index (χ1v) is 8.31. The molecule has 0 aliphatic rings. The number of ketones is 1. The van der Waals surface area contributed by atoms with Crippen molar-refractivity contribution in [1.29, 1.82) is 0 Å². The highest BCUT2D eigenvalue weighted by Crippen LogP contribution is 2.31. The quantitative estimate of drug-likeness (QED) is 0.566. The summed E-state index contributed by atoms with van der Waals surface area (Å²) in [7, 11) is 0. The van der Waals surface area contributed by atoms with E-state index in [2.05, 4.69) is 0 Å². The van der Waals surface area contributed by atoms with Gasteiger partial charge >= 0.3 is 0 Å². The minimum atomic E-state index is -0.991. The lowest BCUT2D eigenvalue weighted by Gasteiger charge is -2.13. The molecule has 0 aliphatic heterocycles. The van der Waals surface area contributed by atoms with E-state index in [4.69, 9.17) is 0 Å². The largest absolute Gasteiger partial charge is 0.295 e. The van der Waals surface area contributed by atoms with Gasteiger partial charge in [-0.25, -0.2) is 13.2 Å². The van der Waals surface area contributed by atoms with Crippen LogP contribution in [0.2, 0.25) is 0 Å². The first kappa shape index (κ1) is 19.0. The monoisotopic (exact) mass is 346 g/mol. The third kappa shape index (κ3) is 4.38. The Morgan fingerprint density at radius 3 is 2.32 bits per heavy atom. The molecule has 0 aromatic heterocycles. The van der Waals surface area contributed by atoms with E-state index in [9.17, 15) is 18.0 Å². The summed E-state index contributed by atoms with van der Waals surface area (Å²) in [5, 5.41) is 0. The molecule has 0 saturated heterocycles. The SMILES string of the molecule is CCCC/C(=C\c1c(C)c(-c2ccc(F)cc2)cc(F)c1F)C(C)=O. The summed E-state index contributed by atoms with van der Waals surface area (Å²) in [6.07, 6.45) is 3.66. The van der Waals surface area contributed by atoms with Crippen LogP contribution in [0.1, 0.15) is 44.2 Å². The van der Waals surface area contributed by atoms with E-state index < -0.39 is 17.5 Å². The normalized spacial score (nSPS) is 11.7. The van der Waals surface area contributed by atoms with Gasteiger partial charge in [-0.15, -0.1) is 0 Å². The number of carbonyl (C=O) groups is 1. The summed E-state index contributed by atoms with van der Waals surface area (Å²) in [4.78, 5) is 11.8. The van der Waals surface area contributed by atoms with Crippen LogP contribution in [0.5, 0.6) is 0 Å². The van der Waals surface area contributed by atoms with Crippen molar-refractivity contribution in [3.05, 3.63) is 64.5 Å². The van der Waals surface area contributed by atoms with Crippen molar-refractivity contribution in [2.45, 2.75) is 40.0 Å². The maximum absolute atomic E-state index is 14.4. The van der Waals surface area contributed by atoms with Crippen LogP contribution in [0.25, 0.3) is 17.2 Å². The fourth-order valence-corrected chi connectivity index (χ4v) is 2.73.